The molecule has 2 rings (SSSR count). The summed E-state index contributed by atoms with van der Waals surface area (Å²) in [6.07, 6.45) is 1.53. The SMILES string of the molecule is Cc1ccc(C2=CNC(C#N)N2)cc1. The molecule has 0 amide bonds. The van der Waals surface area contributed by atoms with Crippen molar-refractivity contribution in [2.75, 3.05) is 0 Å². The average molecular weight is 185 g/mol. The molecule has 0 bridgehead atoms. The molecule has 70 valence electrons. The first-order chi connectivity index (χ1) is 6.79. The number of nitrogens with zero attached hydrogens (tertiary/aromatic N) is 1. The van der Waals surface area contributed by atoms with Gasteiger partial charge < -0.3 is 10.6 Å². The summed E-state index contributed by atoms with van der Waals surface area (Å²) < 4.78 is 0. The maximum atomic E-state index is 8.67. The molecule has 3 nitrogen and oxygen atoms in total. The molecule has 2 N–H and O–H groups in total. The van der Waals surface area contributed by atoms with Crippen LogP contribution in [0.15, 0.2) is 30.5 Å². The van der Waals surface area contributed by atoms with Gasteiger partial charge in [0.25, 0.3) is 0 Å². The molecule has 0 saturated carbocycles. The highest BCUT2D eigenvalue weighted by atomic mass is 15.2. The first-order valence-corrected chi connectivity index (χ1v) is 4.49. The van der Waals surface area contributed by atoms with E-state index in [1.807, 2.05) is 18.3 Å². The molecule has 1 heterocycles. The third kappa shape index (κ3) is 1.55. The van der Waals surface area contributed by atoms with Crippen LogP contribution in [0, 0.1) is 18.3 Å². The Morgan fingerprint density at radius 2 is 2.00 bits per heavy atom. The van der Waals surface area contributed by atoms with Gasteiger partial charge in [0, 0.05) is 6.20 Å². The van der Waals surface area contributed by atoms with E-state index in [-0.39, 0.29) is 6.17 Å². The molecule has 1 atom stereocenters. The zero-order valence-electron chi connectivity index (χ0n) is 7.91. The van der Waals surface area contributed by atoms with Crippen LogP contribution in [0.25, 0.3) is 5.70 Å². The molecule has 1 aliphatic rings. The lowest BCUT2D eigenvalue weighted by Gasteiger charge is -2.05. The van der Waals surface area contributed by atoms with E-state index in [0.717, 1.165) is 11.3 Å². The molecule has 0 fully saturated rings. The van der Waals surface area contributed by atoms with Crippen LogP contribution in [0.5, 0.6) is 0 Å². The molecule has 0 spiro atoms. The summed E-state index contributed by atoms with van der Waals surface area (Å²) in [5.74, 6) is 0. The Hall–Kier alpha value is -1.95. The predicted molar refractivity (Wildman–Crippen MR) is 54.8 cm³/mol. The summed E-state index contributed by atoms with van der Waals surface area (Å²) in [6, 6.07) is 10.3. The number of benzene rings is 1. The molecule has 0 radical (unpaired) electrons. The van der Waals surface area contributed by atoms with Crippen LogP contribution >= 0.6 is 0 Å². The molecule has 0 aliphatic carbocycles. The number of nitriles is 1. The quantitative estimate of drug-likeness (QED) is 0.694. The standard InChI is InChI=1S/C11H11N3/c1-8-2-4-9(5-3-8)10-7-13-11(6-12)14-10/h2-5,7,11,13-14H,1H3. The fourth-order valence-electron chi connectivity index (χ4n) is 1.37. The zero-order chi connectivity index (χ0) is 9.97. The lowest BCUT2D eigenvalue weighted by atomic mass is 10.1. The lowest BCUT2D eigenvalue weighted by Crippen LogP contribution is -2.29. The molecule has 1 aliphatic heterocycles. The molecule has 3 heteroatoms. The van der Waals surface area contributed by atoms with Gasteiger partial charge in [0.2, 0.25) is 0 Å². The van der Waals surface area contributed by atoms with E-state index in [0.29, 0.717) is 0 Å². The van der Waals surface area contributed by atoms with Crippen molar-refractivity contribution in [3.05, 3.63) is 41.6 Å². The summed E-state index contributed by atoms with van der Waals surface area (Å²) in [5.41, 5.74) is 3.30. The van der Waals surface area contributed by atoms with Gasteiger partial charge in [0.05, 0.1) is 5.70 Å². The van der Waals surface area contributed by atoms with E-state index in [1.165, 1.54) is 5.56 Å². The summed E-state index contributed by atoms with van der Waals surface area (Å²) in [7, 11) is 0. The number of rotatable bonds is 1. The van der Waals surface area contributed by atoms with Gasteiger partial charge in [-0.3, -0.25) is 0 Å². The molecular formula is C11H11N3. The summed E-state index contributed by atoms with van der Waals surface area (Å²) in [5, 5.41) is 14.7. The fourth-order valence-corrected chi connectivity index (χ4v) is 1.37. The Kier molecular flexibility index (Phi) is 2.11. The van der Waals surface area contributed by atoms with Crippen LogP contribution < -0.4 is 10.6 Å². The van der Waals surface area contributed by atoms with Gasteiger partial charge in [-0.2, -0.15) is 5.26 Å². The van der Waals surface area contributed by atoms with Crippen molar-refractivity contribution in [3.63, 3.8) is 0 Å². The monoisotopic (exact) mass is 185 g/mol. The van der Waals surface area contributed by atoms with Crippen molar-refractivity contribution < 1.29 is 0 Å². The van der Waals surface area contributed by atoms with Crippen LogP contribution in [0.1, 0.15) is 11.1 Å². The predicted octanol–water partition coefficient (Wildman–Crippen LogP) is 1.34. The highest BCUT2D eigenvalue weighted by Crippen LogP contribution is 2.14. The van der Waals surface area contributed by atoms with E-state index >= 15 is 0 Å². The van der Waals surface area contributed by atoms with Crippen molar-refractivity contribution in [1.29, 1.82) is 5.26 Å². The third-order valence-electron chi connectivity index (χ3n) is 2.19. The number of hydrogen-bond acceptors (Lipinski definition) is 3. The number of hydrogen-bond donors (Lipinski definition) is 2. The maximum absolute atomic E-state index is 8.67. The molecule has 1 unspecified atom stereocenters. The molecule has 1 aromatic rings. The van der Waals surface area contributed by atoms with Crippen molar-refractivity contribution >= 4 is 5.70 Å². The lowest BCUT2D eigenvalue weighted by molar-refractivity contribution is 0.707. The van der Waals surface area contributed by atoms with Gasteiger partial charge in [-0.25, -0.2) is 0 Å². The minimum Gasteiger partial charge on any atom is -0.358 e. The molecule has 0 saturated heterocycles. The Bertz CT molecular complexity index is 398. The second-order valence-electron chi connectivity index (χ2n) is 3.30. The Balaban J connectivity index is 2.18. The largest absolute Gasteiger partial charge is 0.358 e. The van der Waals surface area contributed by atoms with Gasteiger partial charge in [-0.15, -0.1) is 0 Å². The van der Waals surface area contributed by atoms with E-state index < -0.39 is 0 Å². The van der Waals surface area contributed by atoms with Crippen molar-refractivity contribution in [2.45, 2.75) is 13.1 Å². The third-order valence-corrected chi connectivity index (χ3v) is 2.19. The highest BCUT2D eigenvalue weighted by Gasteiger charge is 2.14. The molecule has 14 heavy (non-hydrogen) atoms. The smallest absolute Gasteiger partial charge is 0.187 e. The fraction of sp³-hybridized carbons (Fsp3) is 0.182. The Morgan fingerprint density at radius 1 is 1.29 bits per heavy atom. The van der Waals surface area contributed by atoms with Crippen molar-refractivity contribution in [3.8, 4) is 6.07 Å². The summed E-state index contributed by atoms with van der Waals surface area (Å²) in [4.78, 5) is 0. The van der Waals surface area contributed by atoms with Gasteiger partial charge in [0.1, 0.15) is 6.07 Å². The van der Waals surface area contributed by atoms with Gasteiger partial charge in [-0.1, -0.05) is 29.8 Å². The van der Waals surface area contributed by atoms with Gasteiger partial charge in [0.15, 0.2) is 6.17 Å². The van der Waals surface area contributed by atoms with Gasteiger partial charge >= 0.3 is 0 Å². The number of nitrogens with one attached hydrogen (secondary N) is 2. The van der Waals surface area contributed by atoms with Crippen LogP contribution in [0.4, 0.5) is 0 Å². The van der Waals surface area contributed by atoms with Crippen LogP contribution in [0.3, 0.4) is 0 Å². The summed E-state index contributed by atoms with van der Waals surface area (Å²) in [6.45, 7) is 2.05. The second kappa shape index (κ2) is 3.43. The molecule has 1 aromatic carbocycles. The number of aryl methyl sites for hydroxylation is 1. The normalized spacial score (nSPS) is 19.1. The van der Waals surface area contributed by atoms with Gasteiger partial charge in [-0.05, 0) is 12.5 Å². The highest BCUT2D eigenvalue weighted by molar-refractivity contribution is 5.66. The maximum Gasteiger partial charge on any atom is 0.187 e. The van der Waals surface area contributed by atoms with Crippen molar-refractivity contribution in [2.24, 2.45) is 0 Å². The minimum atomic E-state index is -0.300. The first-order valence-electron chi connectivity index (χ1n) is 4.49. The first kappa shape index (κ1) is 8.64. The van der Waals surface area contributed by atoms with E-state index in [4.69, 9.17) is 5.26 Å². The molecule has 0 aromatic heterocycles. The van der Waals surface area contributed by atoms with Crippen LogP contribution in [-0.4, -0.2) is 6.17 Å². The zero-order valence-corrected chi connectivity index (χ0v) is 7.91. The summed E-state index contributed by atoms with van der Waals surface area (Å²) >= 11 is 0. The Morgan fingerprint density at radius 3 is 2.57 bits per heavy atom. The van der Waals surface area contributed by atoms with E-state index in [1.54, 1.807) is 0 Å². The van der Waals surface area contributed by atoms with E-state index in [2.05, 4.69) is 35.8 Å². The van der Waals surface area contributed by atoms with Crippen molar-refractivity contribution in [1.82, 2.24) is 10.6 Å². The second-order valence-corrected chi connectivity index (χ2v) is 3.30. The van der Waals surface area contributed by atoms with E-state index in [9.17, 15) is 0 Å². The topological polar surface area (TPSA) is 47.9 Å². The van der Waals surface area contributed by atoms with Crippen LogP contribution in [0.2, 0.25) is 0 Å². The average Bonchev–Trinajstić information content (AvgIpc) is 2.67. The van der Waals surface area contributed by atoms with Crippen LogP contribution in [-0.2, 0) is 0 Å². The minimum absolute atomic E-state index is 0.300. The Labute approximate surface area is 83.1 Å². The molecular weight excluding hydrogens is 174 g/mol.